The molecule has 2 fully saturated rings. The van der Waals surface area contributed by atoms with Crippen molar-refractivity contribution in [2.24, 2.45) is 11.1 Å². The zero-order chi connectivity index (χ0) is 7.90. The molecule has 1 atom stereocenters. The van der Waals surface area contributed by atoms with Gasteiger partial charge < -0.3 is 10.5 Å². The van der Waals surface area contributed by atoms with Gasteiger partial charge in [0.2, 0.25) is 0 Å². The predicted molar refractivity (Wildman–Crippen MR) is 39.8 cm³/mol. The molecule has 0 bridgehead atoms. The van der Waals surface area contributed by atoms with E-state index in [1.807, 2.05) is 0 Å². The van der Waals surface area contributed by atoms with Crippen molar-refractivity contribution in [3.05, 3.63) is 0 Å². The smallest absolute Gasteiger partial charge is 0.306 e. The van der Waals surface area contributed by atoms with Gasteiger partial charge in [-0.2, -0.15) is 0 Å². The lowest BCUT2D eigenvalue weighted by Gasteiger charge is -2.40. The maximum Gasteiger partial charge on any atom is 0.306 e. The van der Waals surface area contributed by atoms with Crippen molar-refractivity contribution in [1.29, 1.82) is 0 Å². The Kier molecular flexibility index (Phi) is 1.42. The molecule has 2 N–H and O–H groups in total. The molecule has 3 nitrogen and oxygen atoms in total. The summed E-state index contributed by atoms with van der Waals surface area (Å²) in [7, 11) is 0. The van der Waals surface area contributed by atoms with Crippen LogP contribution in [0.4, 0.5) is 0 Å². The summed E-state index contributed by atoms with van der Waals surface area (Å²) in [5.74, 6) is -0.0554. The average molecular weight is 155 g/mol. The lowest BCUT2D eigenvalue weighted by molar-refractivity contribution is -0.141. The molecule has 1 unspecified atom stereocenters. The van der Waals surface area contributed by atoms with E-state index in [2.05, 4.69) is 0 Å². The summed E-state index contributed by atoms with van der Waals surface area (Å²) < 4.78 is 5.10. The van der Waals surface area contributed by atoms with Gasteiger partial charge in [-0.3, -0.25) is 4.79 Å². The van der Waals surface area contributed by atoms with Crippen molar-refractivity contribution in [2.75, 3.05) is 6.54 Å². The zero-order valence-electron chi connectivity index (χ0n) is 6.51. The van der Waals surface area contributed by atoms with Crippen molar-refractivity contribution in [2.45, 2.75) is 31.8 Å². The number of esters is 1. The average Bonchev–Trinajstić information content (AvgIpc) is 2.25. The van der Waals surface area contributed by atoms with E-state index in [-0.39, 0.29) is 17.5 Å². The number of hydrogen-bond donors (Lipinski definition) is 1. The summed E-state index contributed by atoms with van der Waals surface area (Å²) in [5.41, 5.74) is 5.66. The molecule has 1 aliphatic carbocycles. The largest absolute Gasteiger partial charge is 0.460 e. The summed E-state index contributed by atoms with van der Waals surface area (Å²) in [6.45, 7) is 0.492. The lowest BCUT2D eigenvalue weighted by Crippen LogP contribution is -2.41. The number of carbonyl (C=O) groups is 1. The Bertz CT molecular complexity index is 187. The van der Waals surface area contributed by atoms with Crippen molar-refractivity contribution in [1.82, 2.24) is 0 Å². The fourth-order valence-corrected chi connectivity index (χ4v) is 2.15. The van der Waals surface area contributed by atoms with Crippen LogP contribution in [0.1, 0.15) is 25.7 Å². The van der Waals surface area contributed by atoms with Gasteiger partial charge in [-0.1, -0.05) is 6.42 Å². The predicted octanol–water partition coefficient (Wildman–Crippen LogP) is 0.431. The third-order valence-corrected chi connectivity index (χ3v) is 3.02. The molecule has 1 spiro atoms. The molecule has 0 aromatic heterocycles. The summed E-state index contributed by atoms with van der Waals surface area (Å²) in [6.07, 6.45) is 4.10. The van der Waals surface area contributed by atoms with Gasteiger partial charge in [-0.05, 0) is 12.8 Å². The van der Waals surface area contributed by atoms with Gasteiger partial charge >= 0.3 is 5.97 Å². The van der Waals surface area contributed by atoms with E-state index >= 15 is 0 Å². The molecule has 0 aromatic carbocycles. The molecule has 1 aliphatic heterocycles. The molecule has 2 rings (SSSR count). The van der Waals surface area contributed by atoms with E-state index in [0.717, 1.165) is 12.8 Å². The maximum absolute atomic E-state index is 10.9. The van der Waals surface area contributed by atoms with Crippen LogP contribution < -0.4 is 5.73 Å². The molecule has 3 heteroatoms. The highest BCUT2D eigenvalue weighted by Crippen LogP contribution is 2.51. The standard InChI is InChI=1S/C8H13NO2/c9-5-6-8(2-1-3-8)4-7(10)11-6/h6H,1-5,9H2. The molecule has 1 saturated carbocycles. The van der Waals surface area contributed by atoms with E-state index < -0.39 is 0 Å². The SMILES string of the molecule is NCC1OC(=O)CC12CCC2. The monoisotopic (exact) mass is 155 g/mol. The first kappa shape index (κ1) is 7.10. The minimum absolute atomic E-state index is 0.0174. The normalized spacial score (nSPS) is 33.5. The molecule has 2 aliphatic rings. The fourth-order valence-electron chi connectivity index (χ4n) is 2.15. The number of hydrogen-bond acceptors (Lipinski definition) is 3. The number of ether oxygens (including phenoxy) is 1. The summed E-state index contributed by atoms with van der Waals surface area (Å²) >= 11 is 0. The molecule has 62 valence electrons. The van der Waals surface area contributed by atoms with Gasteiger partial charge in [0.15, 0.2) is 0 Å². The van der Waals surface area contributed by atoms with Crippen LogP contribution in [0, 0.1) is 5.41 Å². The first-order chi connectivity index (χ1) is 5.27. The van der Waals surface area contributed by atoms with E-state index in [9.17, 15) is 4.79 Å². The van der Waals surface area contributed by atoms with Crippen LogP contribution in [-0.2, 0) is 9.53 Å². The zero-order valence-corrected chi connectivity index (χ0v) is 6.51. The van der Waals surface area contributed by atoms with Gasteiger partial charge in [-0.25, -0.2) is 0 Å². The van der Waals surface area contributed by atoms with Crippen molar-refractivity contribution >= 4 is 5.97 Å². The second-order valence-corrected chi connectivity index (χ2v) is 3.61. The molecule has 0 radical (unpaired) electrons. The van der Waals surface area contributed by atoms with Gasteiger partial charge in [0.05, 0.1) is 6.42 Å². The molecule has 0 amide bonds. The number of rotatable bonds is 1. The Balaban J connectivity index is 2.13. The van der Waals surface area contributed by atoms with E-state index in [4.69, 9.17) is 10.5 Å². The Morgan fingerprint density at radius 1 is 1.64 bits per heavy atom. The van der Waals surface area contributed by atoms with Crippen LogP contribution >= 0.6 is 0 Å². The van der Waals surface area contributed by atoms with Crippen molar-refractivity contribution in [3.63, 3.8) is 0 Å². The molecule has 1 saturated heterocycles. The molecular weight excluding hydrogens is 142 g/mol. The quantitative estimate of drug-likeness (QED) is 0.559. The molecule has 0 aromatic rings. The van der Waals surface area contributed by atoms with Crippen molar-refractivity contribution in [3.8, 4) is 0 Å². The Labute approximate surface area is 65.9 Å². The van der Waals surface area contributed by atoms with Gasteiger partial charge in [0.25, 0.3) is 0 Å². The first-order valence-electron chi connectivity index (χ1n) is 4.16. The Hall–Kier alpha value is -0.570. The second-order valence-electron chi connectivity index (χ2n) is 3.61. The Morgan fingerprint density at radius 2 is 2.36 bits per heavy atom. The van der Waals surface area contributed by atoms with Gasteiger partial charge in [0.1, 0.15) is 6.10 Å². The highest BCUT2D eigenvalue weighted by molar-refractivity contribution is 5.73. The summed E-state index contributed by atoms with van der Waals surface area (Å²) in [4.78, 5) is 10.9. The van der Waals surface area contributed by atoms with Crippen LogP contribution in [0.3, 0.4) is 0 Å². The van der Waals surface area contributed by atoms with Crippen LogP contribution in [0.5, 0.6) is 0 Å². The third kappa shape index (κ3) is 0.872. The first-order valence-corrected chi connectivity index (χ1v) is 4.16. The van der Waals surface area contributed by atoms with Gasteiger partial charge in [-0.15, -0.1) is 0 Å². The summed E-state index contributed by atoms with van der Waals surface area (Å²) in [5, 5.41) is 0. The minimum atomic E-state index is -0.0554. The maximum atomic E-state index is 10.9. The summed E-state index contributed by atoms with van der Waals surface area (Å²) in [6, 6.07) is 0. The van der Waals surface area contributed by atoms with E-state index in [1.165, 1.54) is 6.42 Å². The lowest BCUT2D eigenvalue weighted by atomic mass is 9.64. The minimum Gasteiger partial charge on any atom is -0.460 e. The van der Waals surface area contributed by atoms with Crippen LogP contribution in [-0.4, -0.2) is 18.6 Å². The Morgan fingerprint density at radius 3 is 2.73 bits per heavy atom. The van der Waals surface area contributed by atoms with Crippen molar-refractivity contribution < 1.29 is 9.53 Å². The van der Waals surface area contributed by atoms with E-state index in [0.29, 0.717) is 13.0 Å². The molecular formula is C8H13NO2. The topological polar surface area (TPSA) is 52.3 Å². The number of nitrogens with two attached hydrogens (primary N) is 1. The van der Waals surface area contributed by atoms with Crippen LogP contribution in [0.25, 0.3) is 0 Å². The second kappa shape index (κ2) is 2.21. The molecule has 1 heterocycles. The fraction of sp³-hybridized carbons (Fsp3) is 0.875. The van der Waals surface area contributed by atoms with Gasteiger partial charge in [0, 0.05) is 12.0 Å². The number of carbonyl (C=O) groups excluding carboxylic acids is 1. The number of cyclic esters (lactones) is 1. The third-order valence-electron chi connectivity index (χ3n) is 3.02. The van der Waals surface area contributed by atoms with Crippen LogP contribution in [0.15, 0.2) is 0 Å². The van der Waals surface area contributed by atoms with E-state index in [1.54, 1.807) is 0 Å². The highest BCUT2D eigenvalue weighted by atomic mass is 16.6. The highest BCUT2D eigenvalue weighted by Gasteiger charge is 2.51. The van der Waals surface area contributed by atoms with Crippen LogP contribution in [0.2, 0.25) is 0 Å². The molecule has 11 heavy (non-hydrogen) atoms.